The zero-order valence-corrected chi connectivity index (χ0v) is 18.8. The number of carbonyl (C=O) groups excluding carboxylic acids is 1. The van der Waals surface area contributed by atoms with Gasteiger partial charge in [-0.3, -0.25) is 0 Å². The average molecular weight is 463 g/mol. The third-order valence-electron chi connectivity index (χ3n) is 4.42. The molecule has 1 aliphatic heterocycles. The second-order valence-electron chi connectivity index (χ2n) is 7.99. The third-order valence-corrected chi connectivity index (χ3v) is 4.91. The van der Waals surface area contributed by atoms with Crippen molar-refractivity contribution in [2.75, 3.05) is 36.8 Å². The Kier molecular flexibility index (Phi) is 6.16. The van der Waals surface area contributed by atoms with Crippen molar-refractivity contribution in [3.05, 3.63) is 40.1 Å². The first-order chi connectivity index (χ1) is 13.6. The van der Waals surface area contributed by atoms with Crippen molar-refractivity contribution < 1.29 is 9.53 Å². The number of benzene rings is 1. The summed E-state index contributed by atoms with van der Waals surface area (Å²) in [6.45, 7) is 10.2. The van der Waals surface area contributed by atoms with Crippen molar-refractivity contribution in [1.29, 1.82) is 0 Å². The van der Waals surface area contributed by atoms with E-state index in [0.717, 1.165) is 21.4 Å². The number of halogens is 1. The summed E-state index contributed by atoms with van der Waals surface area (Å²) in [5.41, 5.74) is 8.20. The maximum Gasteiger partial charge on any atom is 0.410 e. The van der Waals surface area contributed by atoms with Crippen molar-refractivity contribution in [1.82, 2.24) is 14.6 Å². The molecular weight excluding hydrogens is 436 g/mol. The van der Waals surface area contributed by atoms with E-state index in [1.807, 2.05) is 39.8 Å². The van der Waals surface area contributed by atoms with E-state index < -0.39 is 5.60 Å². The van der Waals surface area contributed by atoms with Gasteiger partial charge in [0.2, 0.25) is 5.95 Å². The molecule has 1 aliphatic rings. The van der Waals surface area contributed by atoms with Gasteiger partial charge in [0.15, 0.2) is 0 Å². The normalized spacial score (nSPS) is 15.2. The van der Waals surface area contributed by atoms with Gasteiger partial charge in [-0.05, 0) is 45.9 Å². The first-order valence-electron chi connectivity index (χ1n) is 9.50. The van der Waals surface area contributed by atoms with Crippen LogP contribution in [0.5, 0.6) is 0 Å². The maximum atomic E-state index is 12.3. The second kappa shape index (κ2) is 8.44. The number of ether oxygens (including phenoxy) is 1. The Bertz CT molecular complexity index is 910. The maximum absolute atomic E-state index is 12.3. The van der Waals surface area contributed by atoms with E-state index in [2.05, 4.69) is 37.0 Å². The molecule has 0 atom stereocenters. The lowest BCUT2D eigenvalue weighted by atomic mass is 10.1. The zero-order chi connectivity index (χ0) is 21.2. The molecule has 1 aromatic carbocycles. The van der Waals surface area contributed by atoms with E-state index >= 15 is 0 Å². The lowest BCUT2D eigenvalue weighted by molar-refractivity contribution is 0.0240. The fourth-order valence-electron chi connectivity index (χ4n) is 3.09. The predicted octanol–water partition coefficient (Wildman–Crippen LogP) is 3.48. The van der Waals surface area contributed by atoms with Crippen LogP contribution in [0.3, 0.4) is 0 Å². The number of imidazole rings is 1. The first kappa shape index (κ1) is 21.2. The van der Waals surface area contributed by atoms with Crippen LogP contribution in [0.1, 0.15) is 32.0 Å². The Hall–Kier alpha value is -2.55. The number of carbonyl (C=O) groups is 1. The van der Waals surface area contributed by atoms with Gasteiger partial charge in [-0.25, -0.2) is 14.5 Å². The van der Waals surface area contributed by atoms with Gasteiger partial charge >= 0.3 is 6.09 Å². The molecule has 1 saturated heterocycles. The van der Waals surface area contributed by atoms with Crippen molar-refractivity contribution in [3.63, 3.8) is 0 Å². The number of hydrogen-bond acceptors (Lipinski definition) is 6. The molecule has 0 spiro atoms. The SMILES string of the molecule is Cc1cn(N=Cc2cc(Br)ccc2N2CCN(C(=O)OC(C)(C)C)CC2)c(N)n1. The van der Waals surface area contributed by atoms with E-state index in [4.69, 9.17) is 10.5 Å². The van der Waals surface area contributed by atoms with E-state index in [9.17, 15) is 4.79 Å². The van der Waals surface area contributed by atoms with Crippen molar-refractivity contribution in [3.8, 4) is 0 Å². The number of piperazine rings is 1. The molecule has 29 heavy (non-hydrogen) atoms. The number of anilines is 2. The zero-order valence-electron chi connectivity index (χ0n) is 17.2. The highest BCUT2D eigenvalue weighted by molar-refractivity contribution is 9.10. The van der Waals surface area contributed by atoms with Gasteiger partial charge in [0.05, 0.1) is 18.1 Å². The Balaban J connectivity index is 1.73. The third kappa shape index (κ3) is 5.50. The van der Waals surface area contributed by atoms with Crippen molar-refractivity contribution in [2.24, 2.45) is 5.10 Å². The minimum absolute atomic E-state index is 0.263. The summed E-state index contributed by atoms with van der Waals surface area (Å²) in [5.74, 6) is 0.348. The van der Waals surface area contributed by atoms with E-state index in [0.29, 0.717) is 32.1 Å². The van der Waals surface area contributed by atoms with Gasteiger partial charge in [0, 0.05) is 41.9 Å². The van der Waals surface area contributed by atoms with Crippen LogP contribution in [-0.4, -0.2) is 58.6 Å². The molecule has 9 heteroatoms. The van der Waals surface area contributed by atoms with Gasteiger partial charge in [0.25, 0.3) is 0 Å². The largest absolute Gasteiger partial charge is 0.444 e. The number of aromatic nitrogens is 2. The number of nitrogen functional groups attached to an aromatic ring is 1. The predicted molar refractivity (Wildman–Crippen MR) is 119 cm³/mol. The molecule has 0 radical (unpaired) electrons. The van der Waals surface area contributed by atoms with E-state index in [-0.39, 0.29) is 6.09 Å². The quantitative estimate of drug-likeness (QED) is 0.705. The molecule has 0 saturated carbocycles. The van der Waals surface area contributed by atoms with Crippen molar-refractivity contribution in [2.45, 2.75) is 33.3 Å². The second-order valence-corrected chi connectivity index (χ2v) is 8.90. The molecule has 3 rings (SSSR count). The Morgan fingerprint density at radius 2 is 1.97 bits per heavy atom. The molecule has 2 N–H and O–H groups in total. The molecular formula is C20H27BrN6O2. The Labute approximate surface area is 179 Å². The van der Waals surface area contributed by atoms with Crippen molar-refractivity contribution >= 4 is 39.9 Å². The highest BCUT2D eigenvalue weighted by Gasteiger charge is 2.26. The fourth-order valence-corrected chi connectivity index (χ4v) is 3.47. The lowest BCUT2D eigenvalue weighted by Crippen LogP contribution is -2.50. The highest BCUT2D eigenvalue weighted by Crippen LogP contribution is 2.25. The number of nitrogens with zero attached hydrogens (tertiary/aromatic N) is 5. The number of aryl methyl sites for hydroxylation is 1. The molecule has 156 valence electrons. The minimum Gasteiger partial charge on any atom is -0.444 e. The van der Waals surface area contributed by atoms with Crippen LogP contribution in [0.4, 0.5) is 16.4 Å². The summed E-state index contributed by atoms with van der Waals surface area (Å²) in [6.07, 6.45) is 3.29. The van der Waals surface area contributed by atoms with Gasteiger partial charge in [-0.2, -0.15) is 5.10 Å². The summed E-state index contributed by atoms with van der Waals surface area (Å²) in [6, 6.07) is 6.07. The molecule has 0 aliphatic carbocycles. The number of rotatable bonds is 3. The monoisotopic (exact) mass is 462 g/mol. The number of amides is 1. The Morgan fingerprint density at radius 1 is 1.28 bits per heavy atom. The highest BCUT2D eigenvalue weighted by atomic mass is 79.9. The van der Waals surface area contributed by atoms with Crippen LogP contribution >= 0.6 is 15.9 Å². The topological polar surface area (TPSA) is 89.0 Å². The van der Waals surface area contributed by atoms with Crippen LogP contribution in [0.25, 0.3) is 0 Å². The summed E-state index contributed by atoms with van der Waals surface area (Å²) in [5, 5.41) is 4.45. The van der Waals surface area contributed by atoms with Crippen LogP contribution in [0, 0.1) is 6.92 Å². The smallest absolute Gasteiger partial charge is 0.410 e. The molecule has 0 bridgehead atoms. The van der Waals surface area contributed by atoms with Gasteiger partial charge in [-0.15, -0.1) is 0 Å². The van der Waals surface area contributed by atoms with Gasteiger partial charge in [0.1, 0.15) is 5.60 Å². The summed E-state index contributed by atoms with van der Waals surface area (Å²) in [4.78, 5) is 20.5. The van der Waals surface area contributed by atoms with Gasteiger partial charge < -0.3 is 20.3 Å². The number of nitrogens with two attached hydrogens (primary N) is 1. The van der Waals surface area contributed by atoms with Crippen LogP contribution < -0.4 is 10.6 Å². The molecule has 2 aromatic rings. The van der Waals surface area contributed by atoms with Crippen LogP contribution in [-0.2, 0) is 4.74 Å². The summed E-state index contributed by atoms with van der Waals surface area (Å²) < 4.78 is 8.00. The number of hydrogen-bond donors (Lipinski definition) is 1. The van der Waals surface area contributed by atoms with Crippen LogP contribution in [0.15, 0.2) is 34.0 Å². The molecule has 1 aromatic heterocycles. The molecule has 2 heterocycles. The Morgan fingerprint density at radius 3 is 2.55 bits per heavy atom. The molecule has 0 unspecified atom stereocenters. The minimum atomic E-state index is -0.489. The van der Waals surface area contributed by atoms with Gasteiger partial charge in [-0.1, -0.05) is 15.9 Å². The first-order valence-corrected chi connectivity index (χ1v) is 10.3. The average Bonchev–Trinajstić information content (AvgIpc) is 2.96. The van der Waals surface area contributed by atoms with E-state index in [1.165, 1.54) is 0 Å². The molecule has 1 fully saturated rings. The summed E-state index contributed by atoms with van der Waals surface area (Å²) >= 11 is 3.53. The van der Waals surface area contributed by atoms with E-state index in [1.54, 1.807) is 22.0 Å². The summed E-state index contributed by atoms with van der Waals surface area (Å²) in [7, 11) is 0. The molecule has 1 amide bonds. The standard InChI is InChI=1S/C20H27BrN6O2/c1-14-13-27(18(22)24-14)23-12-15-11-16(21)5-6-17(15)25-7-9-26(10-8-25)19(28)29-20(2,3)4/h5-6,11-13H,7-10H2,1-4H3,(H2,22,24). The lowest BCUT2D eigenvalue weighted by Gasteiger charge is -2.37. The molecule has 8 nitrogen and oxygen atoms in total. The van der Waals surface area contributed by atoms with Crippen LogP contribution in [0.2, 0.25) is 0 Å². The fraction of sp³-hybridized carbons (Fsp3) is 0.450.